The van der Waals surface area contributed by atoms with Crippen LogP contribution in [0.1, 0.15) is 27.3 Å². The number of carbonyl (C=O) groups excluding carboxylic acids is 1. The first kappa shape index (κ1) is 11.7. The van der Waals surface area contributed by atoms with Crippen molar-refractivity contribution in [3.63, 3.8) is 0 Å². The summed E-state index contributed by atoms with van der Waals surface area (Å²) >= 11 is 0. The van der Waals surface area contributed by atoms with Crippen molar-refractivity contribution in [2.45, 2.75) is 20.4 Å². The largest absolute Gasteiger partial charge is 0.465 e. The molecule has 1 heterocycles. The van der Waals surface area contributed by atoms with Crippen LogP contribution in [0.15, 0.2) is 0 Å². The number of nitrogens with zero attached hydrogens (tertiary/aromatic N) is 1. The Morgan fingerprint density at radius 3 is 2.53 bits per heavy atom. The topological polar surface area (TPSA) is 69.3 Å². The Morgan fingerprint density at radius 2 is 2.07 bits per heavy atom. The van der Waals surface area contributed by atoms with E-state index < -0.39 is 0 Å². The molecule has 0 amide bonds. The zero-order valence-electron chi connectivity index (χ0n) is 9.55. The van der Waals surface area contributed by atoms with Crippen LogP contribution < -0.4 is 11.3 Å². The highest BCUT2D eigenvalue weighted by molar-refractivity contribution is 5.93. The van der Waals surface area contributed by atoms with Crippen molar-refractivity contribution in [3.8, 4) is 0 Å². The van der Waals surface area contributed by atoms with E-state index in [0.29, 0.717) is 12.1 Å². The molecule has 0 saturated carbocycles. The van der Waals surface area contributed by atoms with Crippen molar-refractivity contribution >= 4 is 5.97 Å². The lowest BCUT2D eigenvalue weighted by molar-refractivity contribution is 0.0598. The summed E-state index contributed by atoms with van der Waals surface area (Å²) in [6.07, 6.45) is 0. The molecule has 1 aromatic heterocycles. The first-order valence-corrected chi connectivity index (χ1v) is 4.71. The van der Waals surface area contributed by atoms with Crippen molar-refractivity contribution in [3.05, 3.63) is 22.5 Å². The fraction of sp³-hybridized carbons (Fsp3) is 0.500. The SMILES string of the molecule is COC(=O)c1c(CNN)c(C)n(C)c1C. The molecule has 0 bridgehead atoms. The van der Waals surface area contributed by atoms with Crippen LogP contribution in [0, 0.1) is 13.8 Å². The van der Waals surface area contributed by atoms with Gasteiger partial charge in [0.1, 0.15) is 0 Å². The van der Waals surface area contributed by atoms with Gasteiger partial charge in [0.25, 0.3) is 0 Å². The summed E-state index contributed by atoms with van der Waals surface area (Å²) in [7, 11) is 3.29. The highest BCUT2D eigenvalue weighted by atomic mass is 16.5. The van der Waals surface area contributed by atoms with Gasteiger partial charge >= 0.3 is 5.97 Å². The van der Waals surface area contributed by atoms with Gasteiger partial charge in [-0.1, -0.05) is 0 Å². The Balaban J connectivity index is 3.33. The van der Waals surface area contributed by atoms with Gasteiger partial charge in [0, 0.05) is 30.5 Å². The number of esters is 1. The molecule has 84 valence electrons. The van der Waals surface area contributed by atoms with Crippen molar-refractivity contribution in [2.24, 2.45) is 12.9 Å². The van der Waals surface area contributed by atoms with Crippen LogP contribution in [0.3, 0.4) is 0 Å². The lowest BCUT2D eigenvalue weighted by atomic mass is 10.1. The lowest BCUT2D eigenvalue weighted by Crippen LogP contribution is -2.22. The predicted molar refractivity (Wildman–Crippen MR) is 57.3 cm³/mol. The molecule has 0 aliphatic rings. The second-order valence-electron chi connectivity index (χ2n) is 3.46. The van der Waals surface area contributed by atoms with Crippen LogP contribution in [0.5, 0.6) is 0 Å². The first-order valence-electron chi connectivity index (χ1n) is 4.71. The summed E-state index contributed by atoms with van der Waals surface area (Å²) in [6, 6.07) is 0. The lowest BCUT2D eigenvalue weighted by Gasteiger charge is -2.03. The zero-order chi connectivity index (χ0) is 11.6. The van der Waals surface area contributed by atoms with E-state index in [1.54, 1.807) is 0 Å². The molecule has 0 atom stereocenters. The number of aromatic nitrogens is 1. The third-order valence-corrected chi connectivity index (χ3v) is 2.77. The second-order valence-corrected chi connectivity index (χ2v) is 3.46. The van der Waals surface area contributed by atoms with E-state index in [9.17, 15) is 4.79 Å². The molecule has 0 unspecified atom stereocenters. The molecule has 1 rings (SSSR count). The molecule has 0 aliphatic heterocycles. The summed E-state index contributed by atoms with van der Waals surface area (Å²) in [6.45, 7) is 4.29. The van der Waals surface area contributed by atoms with Gasteiger partial charge in [0.2, 0.25) is 0 Å². The second kappa shape index (κ2) is 4.46. The number of carbonyl (C=O) groups is 1. The maximum Gasteiger partial charge on any atom is 0.340 e. The molecule has 0 aromatic carbocycles. The van der Waals surface area contributed by atoms with Gasteiger partial charge in [0.15, 0.2) is 0 Å². The molecule has 0 radical (unpaired) electrons. The van der Waals surface area contributed by atoms with E-state index in [2.05, 4.69) is 5.43 Å². The molecular weight excluding hydrogens is 194 g/mol. The predicted octanol–water partition coefficient (Wildman–Crippen LogP) is 0.392. The summed E-state index contributed by atoms with van der Waals surface area (Å²) in [5, 5.41) is 0. The first-order chi connectivity index (χ1) is 7.04. The van der Waals surface area contributed by atoms with E-state index in [4.69, 9.17) is 10.6 Å². The Hall–Kier alpha value is -1.33. The maximum absolute atomic E-state index is 11.6. The Kier molecular flexibility index (Phi) is 3.49. The van der Waals surface area contributed by atoms with Crippen LogP contribution in [-0.4, -0.2) is 17.6 Å². The minimum Gasteiger partial charge on any atom is -0.465 e. The summed E-state index contributed by atoms with van der Waals surface area (Å²) in [4.78, 5) is 11.6. The number of nitrogens with two attached hydrogens (primary N) is 1. The van der Waals surface area contributed by atoms with Gasteiger partial charge < -0.3 is 9.30 Å². The fourth-order valence-corrected chi connectivity index (χ4v) is 1.71. The van der Waals surface area contributed by atoms with Gasteiger partial charge in [0.05, 0.1) is 12.7 Å². The van der Waals surface area contributed by atoms with Gasteiger partial charge in [-0.15, -0.1) is 0 Å². The molecule has 0 aliphatic carbocycles. The number of ether oxygens (including phenoxy) is 1. The average Bonchev–Trinajstić information content (AvgIpc) is 2.44. The van der Waals surface area contributed by atoms with Crippen LogP contribution >= 0.6 is 0 Å². The highest BCUT2D eigenvalue weighted by Gasteiger charge is 2.21. The molecule has 15 heavy (non-hydrogen) atoms. The monoisotopic (exact) mass is 211 g/mol. The molecule has 0 spiro atoms. The number of hydrazine groups is 1. The molecular formula is C10H17N3O2. The van der Waals surface area contributed by atoms with Crippen molar-refractivity contribution < 1.29 is 9.53 Å². The molecule has 1 aromatic rings. The number of rotatable bonds is 3. The summed E-state index contributed by atoms with van der Waals surface area (Å²) in [5.74, 6) is 4.97. The van der Waals surface area contributed by atoms with Gasteiger partial charge in [-0.3, -0.25) is 11.3 Å². The van der Waals surface area contributed by atoms with E-state index in [1.807, 2.05) is 25.5 Å². The number of methoxy groups -OCH3 is 1. The van der Waals surface area contributed by atoms with E-state index in [0.717, 1.165) is 17.0 Å². The number of hydrogen-bond donors (Lipinski definition) is 2. The fourth-order valence-electron chi connectivity index (χ4n) is 1.71. The van der Waals surface area contributed by atoms with E-state index >= 15 is 0 Å². The number of hydrogen-bond acceptors (Lipinski definition) is 4. The third-order valence-electron chi connectivity index (χ3n) is 2.77. The Morgan fingerprint density at radius 1 is 1.47 bits per heavy atom. The van der Waals surface area contributed by atoms with Crippen molar-refractivity contribution in [2.75, 3.05) is 7.11 Å². The highest BCUT2D eigenvalue weighted by Crippen LogP contribution is 2.21. The standard InChI is InChI=1S/C10H17N3O2/c1-6-8(5-12-11)9(10(14)15-4)7(2)13(6)3/h12H,5,11H2,1-4H3. The number of nitrogens with one attached hydrogen (secondary N) is 1. The zero-order valence-corrected chi connectivity index (χ0v) is 9.55. The Bertz CT molecular complexity index is 383. The van der Waals surface area contributed by atoms with Crippen LogP contribution in [0.2, 0.25) is 0 Å². The smallest absolute Gasteiger partial charge is 0.340 e. The molecule has 0 fully saturated rings. The normalized spacial score (nSPS) is 10.5. The van der Waals surface area contributed by atoms with Gasteiger partial charge in [-0.25, -0.2) is 4.79 Å². The van der Waals surface area contributed by atoms with Crippen molar-refractivity contribution in [1.82, 2.24) is 9.99 Å². The quantitative estimate of drug-likeness (QED) is 0.431. The summed E-state index contributed by atoms with van der Waals surface area (Å²) in [5.41, 5.74) is 5.98. The minimum atomic E-state index is -0.318. The molecule has 5 nitrogen and oxygen atoms in total. The van der Waals surface area contributed by atoms with E-state index in [-0.39, 0.29) is 5.97 Å². The van der Waals surface area contributed by atoms with Crippen LogP contribution in [0.4, 0.5) is 0 Å². The van der Waals surface area contributed by atoms with Crippen molar-refractivity contribution in [1.29, 1.82) is 0 Å². The molecule has 0 saturated heterocycles. The Labute approximate surface area is 89.2 Å². The summed E-state index contributed by atoms with van der Waals surface area (Å²) < 4.78 is 6.71. The average molecular weight is 211 g/mol. The third kappa shape index (κ3) is 1.88. The van der Waals surface area contributed by atoms with Crippen LogP contribution in [0.25, 0.3) is 0 Å². The molecule has 3 N–H and O–H groups in total. The van der Waals surface area contributed by atoms with Crippen LogP contribution in [-0.2, 0) is 18.3 Å². The maximum atomic E-state index is 11.6. The van der Waals surface area contributed by atoms with Gasteiger partial charge in [-0.2, -0.15) is 0 Å². The molecule has 5 heteroatoms. The van der Waals surface area contributed by atoms with E-state index in [1.165, 1.54) is 7.11 Å². The minimum absolute atomic E-state index is 0.318. The van der Waals surface area contributed by atoms with Gasteiger partial charge in [-0.05, 0) is 13.8 Å².